The third-order valence-corrected chi connectivity index (χ3v) is 2.97. The molecule has 14 heavy (non-hydrogen) atoms. The zero-order chi connectivity index (χ0) is 10.2. The summed E-state index contributed by atoms with van der Waals surface area (Å²) >= 11 is 7.68. The van der Waals surface area contributed by atoms with Gasteiger partial charge in [-0.15, -0.1) is 0 Å². The molecule has 74 valence electrons. The highest BCUT2D eigenvalue weighted by Crippen LogP contribution is 2.20. The average Bonchev–Trinajstić information content (AvgIpc) is 2.20. The topological polar surface area (TPSA) is 48.8 Å². The normalized spacial score (nSPS) is 9.50. The van der Waals surface area contributed by atoms with E-state index in [1.165, 1.54) is 0 Å². The lowest BCUT2D eigenvalue weighted by Crippen LogP contribution is -1.86. The standard InChI is InChI=1S/C9H10ClN3S/c10-9-4-2-1-3-8(9)7-14-6-5-12-13-11/h1-4H,5-7H2. The Morgan fingerprint density at radius 1 is 1.43 bits per heavy atom. The van der Waals surface area contributed by atoms with E-state index in [0.29, 0.717) is 6.54 Å². The van der Waals surface area contributed by atoms with Gasteiger partial charge in [-0.1, -0.05) is 34.9 Å². The largest absolute Gasteiger partial charge is 0.157 e. The second kappa shape index (κ2) is 6.60. The lowest BCUT2D eigenvalue weighted by molar-refractivity contribution is 1.12. The van der Waals surface area contributed by atoms with Gasteiger partial charge < -0.3 is 0 Å². The van der Waals surface area contributed by atoms with E-state index in [-0.39, 0.29) is 0 Å². The summed E-state index contributed by atoms with van der Waals surface area (Å²) in [6.45, 7) is 0.533. The molecule has 0 aliphatic carbocycles. The van der Waals surface area contributed by atoms with E-state index in [2.05, 4.69) is 10.0 Å². The second-order valence-electron chi connectivity index (χ2n) is 2.60. The third kappa shape index (κ3) is 3.92. The molecule has 0 saturated carbocycles. The minimum absolute atomic E-state index is 0.533. The van der Waals surface area contributed by atoms with E-state index in [9.17, 15) is 0 Å². The number of hydrogen-bond donors (Lipinski definition) is 0. The van der Waals surface area contributed by atoms with Gasteiger partial charge in [0.05, 0.1) is 0 Å². The molecule has 0 unspecified atom stereocenters. The van der Waals surface area contributed by atoms with Crippen molar-refractivity contribution >= 4 is 23.4 Å². The predicted octanol–water partition coefficient (Wildman–Crippen LogP) is 3.88. The molecule has 0 aliphatic heterocycles. The molecule has 0 amide bonds. The summed E-state index contributed by atoms with van der Waals surface area (Å²) in [5.74, 6) is 1.69. The molecule has 1 rings (SSSR count). The summed E-state index contributed by atoms with van der Waals surface area (Å²) in [5.41, 5.74) is 9.18. The summed E-state index contributed by atoms with van der Waals surface area (Å²) in [5, 5.41) is 4.25. The monoisotopic (exact) mass is 227 g/mol. The summed E-state index contributed by atoms with van der Waals surface area (Å²) in [7, 11) is 0. The maximum atomic E-state index is 8.05. The van der Waals surface area contributed by atoms with E-state index < -0.39 is 0 Å². The zero-order valence-corrected chi connectivity index (χ0v) is 9.13. The number of thioether (sulfide) groups is 1. The molecule has 0 spiro atoms. The molecule has 0 bridgehead atoms. The maximum absolute atomic E-state index is 8.05. The minimum atomic E-state index is 0.533. The lowest BCUT2D eigenvalue weighted by atomic mass is 10.2. The van der Waals surface area contributed by atoms with Gasteiger partial charge in [-0.05, 0) is 22.9 Å². The Labute approximate surface area is 92.1 Å². The molecular weight excluding hydrogens is 218 g/mol. The molecule has 0 atom stereocenters. The van der Waals surface area contributed by atoms with Gasteiger partial charge in [0.25, 0.3) is 0 Å². The Balaban J connectivity index is 2.31. The number of rotatable bonds is 5. The van der Waals surface area contributed by atoms with E-state index >= 15 is 0 Å². The van der Waals surface area contributed by atoms with E-state index in [1.807, 2.05) is 24.3 Å². The van der Waals surface area contributed by atoms with Gasteiger partial charge in [-0.2, -0.15) is 11.8 Å². The van der Waals surface area contributed by atoms with Gasteiger partial charge in [0.1, 0.15) is 0 Å². The predicted molar refractivity (Wildman–Crippen MR) is 61.6 cm³/mol. The fourth-order valence-electron chi connectivity index (χ4n) is 0.948. The number of azide groups is 1. The number of halogens is 1. The molecule has 0 saturated heterocycles. The van der Waals surface area contributed by atoms with Crippen LogP contribution < -0.4 is 0 Å². The molecule has 0 N–H and O–H groups in total. The van der Waals surface area contributed by atoms with Gasteiger partial charge >= 0.3 is 0 Å². The fourth-order valence-corrected chi connectivity index (χ4v) is 2.06. The number of nitrogens with zero attached hydrogens (tertiary/aromatic N) is 3. The van der Waals surface area contributed by atoms with Crippen LogP contribution in [0, 0.1) is 0 Å². The van der Waals surface area contributed by atoms with Gasteiger partial charge in [-0.25, -0.2) is 0 Å². The van der Waals surface area contributed by atoms with Crippen molar-refractivity contribution in [3.8, 4) is 0 Å². The third-order valence-electron chi connectivity index (χ3n) is 1.61. The summed E-state index contributed by atoms with van der Waals surface area (Å²) < 4.78 is 0. The zero-order valence-electron chi connectivity index (χ0n) is 7.56. The van der Waals surface area contributed by atoms with E-state index in [1.54, 1.807) is 11.8 Å². The first-order valence-corrected chi connectivity index (χ1v) is 5.70. The van der Waals surface area contributed by atoms with Crippen LogP contribution in [-0.4, -0.2) is 12.3 Å². The SMILES string of the molecule is [N-]=[N+]=NCCSCc1ccccc1Cl. The van der Waals surface area contributed by atoms with Crippen LogP contribution in [0.2, 0.25) is 5.02 Å². The van der Waals surface area contributed by atoms with Gasteiger partial charge in [-0.3, -0.25) is 0 Å². The van der Waals surface area contributed by atoms with Crippen LogP contribution in [0.15, 0.2) is 29.4 Å². The van der Waals surface area contributed by atoms with Crippen molar-refractivity contribution in [3.63, 3.8) is 0 Å². The molecule has 0 aliphatic rings. The molecule has 0 aromatic heterocycles. The average molecular weight is 228 g/mol. The van der Waals surface area contributed by atoms with Crippen LogP contribution in [0.1, 0.15) is 5.56 Å². The fraction of sp³-hybridized carbons (Fsp3) is 0.333. The summed E-state index contributed by atoms with van der Waals surface area (Å²) in [6, 6.07) is 7.76. The molecule has 3 nitrogen and oxygen atoms in total. The van der Waals surface area contributed by atoms with Crippen molar-refractivity contribution in [2.24, 2.45) is 5.11 Å². The first-order chi connectivity index (χ1) is 6.84. The lowest BCUT2D eigenvalue weighted by Gasteiger charge is -2.01. The molecule has 0 fully saturated rings. The van der Waals surface area contributed by atoms with Crippen LogP contribution >= 0.6 is 23.4 Å². The quantitative estimate of drug-likeness (QED) is 0.326. The van der Waals surface area contributed by atoms with E-state index in [4.69, 9.17) is 17.1 Å². The smallest absolute Gasteiger partial charge is 0.0446 e. The molecule has 0 radical (unpaired) electrons. The van der Waals surface area contributed by atoms with Crippen LogP contribution in [0.5, 0.6) is 0 Å². The highest BCUT2D eigenvalue weighted by atomic mass is 35.5. The van der Waals surface area contributed by atoms with Crippen molar-refractivity contribution in [3.05, 3.63) is 45.3 Å². The van der Waals surface area contributed by atoms with Gasteiger partial charge in [0.15, 0.2) is 0 Å². The molecule has 1 aromatic rings. The first-order valence-electron chi connectivity index (χ1n) is 4.16. The van der Waals surface area contributed by atoms with Crippen molar-refractivity contribution in [1.82, 2.24) is 0 Å². The summed E-state index contributed by atoms with van der Waals surface area (Å²) in [6.07, 6.45) is 0. The van der Waals surface area contributed by atoms with Crippen molar-refractivity contribution in [2.75, 3.05) is 12.3 Å². The van der Waals surface area contributed by atoms with Crippen LogP contribution in [-0.2, 0) is 5.75 Å². The van der Waals surface area contributed by atoms with Crippen LogP contribution in [0.4, 0.5) is 0 Å². The van der Waals surface area contributed by atoms with Crippen LogP contribution in [0.25, 0.3) is 10.4 Å². The number of benzene rings is 1. The van der Waals surface area contributed by atoms with Crippen LogP contribution in [0.3, 0.4) is 0 Å². The van der Waals surface area contributed by atoms with Crippen molar-refractivity contribution in [1.29, 1.82) is 0 Å². The maximum Gasteiger partial charge on any atom is 0.0446 e. The van der Waals surface area contributed by atoms with Gasteiger partial charge in [0.2, 0.25) is 0 Å². The minimum Gasteiger partial charge on any atom is -0.157 e. The Morgan fingerprint density at radius 2 is 2.21 bits per heavy atom. The number of hydrogen-bond acceptors (Lipinski definition) is 2. The highest BCUT2D eigenvalue weighted by Gasteiger charge is 1.97. The Hall–Kier alpha value is -0.830. The Kier molecular flexibility index (Phi) is 5.30. The van der Waals surface area contributed by atoms with Crippen molar-refractivity contribution < 1.29 is 0 Å². The molecule has 0 heterocycles. The molecule has 1 aromatic carbocycles. The van der Waals surface area contributed by atoms with Crippen molar-refractivity contribution in [2.45, 2.75) is 5.75 Å². The molecule has 5 heteroatoms. The van der Waals surface area contributed by atoms with E-state index in [0.717, 1.165) is 22.1 Å². The Bertz CT molecular complexity index is 337. The molecular formula is C9H10ClN3S. The highest BCUT2D eigenvalue weighted by molar-refractivity contribution is 7.98. The first kappa shape index (κ1) is 11.2. The summed E-state index contributed by atoms with van der Waals surface area (Å²) in [4.78, 5) is 2.68. The second-order valence-corrected chi connectivity index (χ2v) is 4.11. The van der Waals surface area contributed by atoms with Gasteiger partial charge in [0, 0.05) is 22.2 Å². The Morgan fingerprint density at radius 3 is 2.93 bits per heavy atom.